The standard InChI is InChI=1S/C28H35N7O/c1-20(22-5-7-24(8-6-22)33-21(2)36)32-25-11-14-34(15-12-25)13-3-4-23-17-29-28-10-9-26(16-27(23)28)35-18-30-31-19-35/h5-10,16-20,25,29,32H,3-4,11-15H2,1-2H3,(H,33,36). The van der Waals surface area contributed by atoms with E-state index in [0.29, 0.717) is 6.04 Å². The lowest BCUT2D eigenvalue weighted by molar-refractivity contribution is -0.114. The van der Waals surface area contributed by atoms with Gasteiger partial charge in [0.25, 0.3) is 0 Å². The molecule has 1 atom stereocenters. The van der Waals surface area contributed by atoms with Crippen molar-refractivity contribution in [2.75, 3.05) is 25.0 Å². The summed E-state index contributed by atoms with van der Waals surface area (Å²) >= 11 is 0. The molecular weight excluding hydrogens is 450 g/mol. The van der Waals surface area contributed by atoms with Crippen LogP contribution >= 0.6 is 0 Å². The number of H-pyrrole nitrogens is 1. The van der Waals surface area contributed by atoms with Gasteiger partial charge in [0, 0.05) is 47.5 Å². The number of piperidine rings is 1. The summed E-state index contributed by atoms with van der Waals surface area (Å²) in [7, 11) is 0. The van der Waals surface area contributed by atoms with Gasteiger partial charge >= 0.3 is 0 Å². The normalized spacial score (nSPS) is 15.8. The molecule has 1 aliphatic rings. The quantitative estimate of drug-likeness (QED) is 0.326. The number of carbonyl (C=O) groups is 1. The highest BCUT2D eigenvalue weighted by Crippen LogP contribution is 2.24. The SMILES string of the molecule is CC(=O)Nc1ccc(C(C)NC2CCN(CCCc3c[nH]c4ccc(-n5cnnc5)cc34)CC2)cc1. The largest absolute Gasteiger partial charge is 0.361 e. The summed E-state index contributed by atoms with van der Waals surface area (Å²) in [5.74, 6) is -0.0420. The summed E-state index contributed by atoms with van der Waals surface area (Å²) in [5.41, 5.74) is 5.72. The fourth-order valence-electron chi connectivity index (χ4n) is 5.19. The van der Waals surface area contributed by atoms with Crippen molar-refractivity contribution in [3.8, 4) is 5.69 Å². The molecule has 8 heteroatoms. The average molecular weight is 486 g/mol. The Labute approximate surface area is 212 Å². The molecule has 4 aromatic rings. The Bertz CT molecular complexity index is 1270. The highest BCUT2D eigenvalue weighted by atomic mass is 16.1. The number of anilines is 1. The summed E-state index contributed by atoms with van der Waals surface area (Å²) < 4.78 is 1.94. The number of rotatable bonds is 9. The maximum Gasteiger partial charge on any atom is 0.221 e. The first-order chi connectivity index (χ1) is 17.5. The van der Waals surface area contributed by atoms with Crippen LogP contribution in [0.3, 0.4) is 0 Å². The predicted molar refractivity (Wildman–Crippen MR) is 143 cm³/mol. The number of hydrogen-bond donors (Lipinski definition) is 3. The zero-order valence-electron chi connectivity index (χ0n) is 21.1. The second-order valence-corrected chi connectivity index (χ2v) is 9.82. The van der Waals surface area contributed by atoms with Gasteiger partial charge in [-0.15, -0.1) is 10.2 Å². The average Bonchev–Trinajstić information content (AvgIpc) is 3.55. The second kappa shape index (κ2) is 11.1. The van der Waals surface area contributed by atoms with Crippen molar-refractivity contribution >= 4 is 22.5 Å². The molecule has 188 valence electrons. The number of aryl methyl sites for hydroxylation is 1. The molecule has 0 aliphatic carbocycles. The fourth-order valence-corrected chi connectivity index (χ4v) is 5.19. The number of fused-ring (bicyclic) bond motifs is 1. The molecule has 0 radical (unpaired) electrons. The molecule has 2 aromatic carbocycles. The minimum absolute atomic E-state index is 0.0420. The predicted octanol–water partition coefficient (Wildman–Crippen LogP) is 4.45. The zero-order chi connectivity index (χ0) is 24.9. The van der Waals surface area contributed by atoms with Crippen LogP contribution in [0.1, 0.15) is 50.3 Å². The van der Waals surface area contributed by atoms with Crippen LogP contribution in [-0.2, 0) is 11.2 Å². The first kappa shape index (κ1) is 24.2. The molecular formula is C28H35N7O. The lowest BCUT2D eigenvalue weighted by atomic mass is 10.0. The number of hydrogen-bond acceptors (Lipinski definition) is 5. The van der Waals surface area contributed by atoms with Gasteiger partial charge in [0.2, 0.25) is 5.91 Å². The Morgan fingerprint density at radius 3 is 2.58 bits per heavy atom. The molecule has 0 spiro atoms. The second-order valence-electron chi connectivity index (χ2n) is 9.82. The van der Waals surface area contributed by atoms with Gasteiger partial charge in [0.1, 0.15) is 12.7 Å². The van der Waals surface area contributed by atoms with E-state index in [9.17, 15) is 4.79 Å². The molecule has 1 fully saturated rings. The smallest absolute Gasteiger partial charge is 0.221 e. The van der Waals surface area contributed by atoms with Crippen molar-refractivity contribution in [3.63, 3.8) is 0 Å². The van der Waals surface area contributed by atoms with Gasteiger partial charge in [-0.05, 0) is 93.7 Å². The highest BCUT2D eigenvalue weighted by molar-refractivity contribution is 5.88. The van der Waals surface area contributed by atoms with Crippen molar-refractivity contribution in [2.24, 2.45) is 0 Å². The molecule has 3 N–H and O–H groups in total. The van der Waals surface area contributed by atoms with E-state index in [1.54, 1.807) is 12.7 Å². The number of likely N-dealkylation sites (tertiary alicyclic amines) is 1. The van der Waals surface area contributed by atoms with Crippen LogP contribution in [0.15, 0.2) is 61.3 Å². The zero-order valence-corrected chi connectivity index (χ0v) is 21.1. The minimum atomic E-state index is -0.0420. The number of benzene rings is 2. The molecule has 0 bridgehead atoms. The first-order valence-corrected chi connectivity index (χ1v) is 12.9. The lowest BCUT2D eigenvalue weighted by Gasteiger charge is -2.34. The third-order valence-electron chi connectivity index (χ3n) is 7.19. The Hall–Kier alpha value is -3.49. The van der Waals surface area contributed by atoms with E-state index in [1.807, 2.05) is 16.7 Å². The first-order valence-electron chi connectivity index (χ1n) is 12.9. The maximum absolute atomic E-state index is 11.2. The van der Waals surface area contributed by atoms with Crippen molar-refractivity contribution in [2.45, 2.75) is 51.6 Å². The van der Waals surface area contributed by atoms with Gasteiger partial charge in [-0.3, -0.25) is 9.36 Å². The summed E-state index contributed by atoms with van der Waals surface area (Å²) in [6, 6.07) is 15.4. The van der Waals surface area contributed by atoms with Gasteiger partial charge in [0.05, 0.1) is 0 Å². The molecule has 0 saturated carbocycles. The summed E-state index contributed by atoms with van der Waals surface area (Å²) in [6.45, 7) is 7.15. The summed E-state index contributed by atoms with van der Waals surface area (Å²) in [4.78, 5) is 17.2. The van der Waals surface area contributed by atoms with Crippen molar-refractivity contribution in [3.05, 3.63) is 72.4 Å². The molecule has 1 saturated heterocycles. The molecule has 1 unspecified atom stereocenters. The van der Waals surface area contributed by atoms with Crippen LogP contribution in [-0.4, -0.2) is 56.2 Å². The Morgan fingerprint density at radius 2 is 1.86 bits per heavy atom. The van der Waals surface area contributed by atoms with Crippen molar-refractivity contribution in [1.82, 2.24) is 30.0 Å². The Balaban J connectivity index is 1.07. The van der Waals surface area contributed by atoms with Gasteiger partial charge < -0.3 is 20.5 Å². The molecule has 2 aromatic heterocycles. The highest BCUT2D eigenvalue weighted by Gasteiger charge is 2.21. The van der Waals surface area contributed by atoms with Crippen LogP contribution in [0.2, 0.25) is 0 Å². The van der Waals surface area contributed by atoms with E-state index in [2.05, 4.69) is 74.2 Å². The van der Waals surface area contributed by atoms with Gasteiger partial charge in [-0.2, -0.15) is 0 Å². The van der Waals surface area contributed by atoms with Crippen molar-refractivity contribution < 1.29 is 4.79 Å². The van der Waals surface area contributed by atoms with Crippen LogP contribution in [0.5, 0.6) is 0 Å². The number of aromatic amines is 1. The van der Waals surface area contributed by atoms with Crippen LogP contribution < -0.4 is 10.6 Å². The molecule has 1 amide bonds. The minimum Gasteiger partial charge on any atom is -0.361 e. The van der Waals surface area contributed by atoms with Crippen LogP contribution in [0.4, 0.5) is 5.69 Å². The van der Waals surface area contributed by atoms with Crippen molar-refractivity contribution in [1.29, 1.82) is 0 Å². The van der Waals surface area contributed by atoms with E-state index >= 15 is 0 Å². The lowest BCUT2D eigenvalue weighted by Crippen LogP contribution is -2.43. The summed E-state index contributed by atoms with van der Waals surface area (Å²) in [6.07, 6.45) is 10.2. The van der Waals surface area contributed by atoms with Crippen LogP contribution in [0.25, 0.3) is 16.6 Å². The fraction of sp³-hybridized carbons (Fsp3) is 0.393. The molecule has 8 nitrogen and oxygen atoms in total. The number of nitrogens with zero attached hydrogens (tertiary/aromatic N) is 4. The number of carbonyl (C=O) groups excluding carboxylic acids is 1. The Morgan fingerprint density at radius 1 is 1.11 bits per heavy atom. The van der Waals surface area contributed by atoms with E-state index in [-0.39, 0.29) is 11.9 Å². The van der Waals surface area contributed by atoms with E-state index < -0.39 is 0 Å². The third-order valence-corrected chi connectivity index (χ3v) is 7.19. The molecule has 36 heavy (non-hydrogen) atoms. The van der Waals surface area contributed by atoms with E-state index in [1.165, 1.54) is 41.8 Å². The topological polar surface area (TPSA) is 90.9 Å². The number of nitrogens with one attached hydrogen (secondary N) is 3. The van der Waals surface area contributed by atoms with E-state index in [4.69, 9.17) is 0 Å². The van der Waals surface area contributed by atoms with Crippen LogP contribution in [0, 0.1) is 0 Å². The number of aromatic nitrogens is 4. The summed E-state index contributed by atoms with van der Waals surface area (Å²) in [5, 5.41) is 15.8. The maximum atomic E-state index is 11.2. The molecule has 1 aliphatic heterocycles. The number of amides is 1. The van der Waals surface area contributed by atoms with Gasteiger partial charge in [-0.25, -0.2) is 0 Å². The van der Waals surface area contributed by atoms with Gasteiger partial charge in [0.15, 0.2) is 0 Å². The third kappa shape index (κ3) is 5.83. The van der Waals surface area contributed by atoms with E-state index in [0.717, 1.165) is 43.9 Å². The monoisotopic (exact) mass is 485 g/mol. The molecule has 5 rings (SSSR count). The van der Waals surface area contributed by atoms with Gasteiger partial charge in [-0.1, -0.05) is 12.1 Å². The Kier molecular flexibility index (Phi) is 7.44. The molecule has 3 heterocycles.